The summed E-state index contributed by atoms with van der Waals surface area (Å²) >= 11 is 0. The summed E-state index contributed by atoms with van der Waals surface area (Å²) in [6.45, 7) is 10.9. The molecular weight excluding hydrogens is 402 g/mol. The zero-order chi connectivity index (χ0) is 23.1. The van der Waals surface area contributed by atoms with Crippen LogP contribution in [-0.4, -0.2) is 29.2 Å². The van der Waals surface area contributed by atoms with E-state index in [1.165, 1.54) is 0 Å². The molecule has 0 aromatic heterocycles. The molecule has 0 radical (unpaired) electrons. The largest absolute Gasteiger partial charge is 0.481 e. The van der Waals surface area contributed by atoms with Crippen molar-refractivity contribution >= 4 is 18.0 Å². The Kier molecular flexibility index (Phi) is 4.97. The summed E-state index contributed by atoms with van der Waals surface area (Å²) in [5, 5.41) is 15.7. The monoisotopic (exact) mass is 441 g/mol. The molecule has 0 spiro atoms. The summed E-state index contributed by atoms with van der Waals surface area (Å²) in [5.74, 6) is 0.998. The van der Waals surface area contributed by atoms with Gasteiger partial charge in [0.1, 0.15) is 17.8 Å². The van der Waals surface area contributed by atoms with Gasteiger partial charge in [-0.05, 0) is 67.6 Å². The molecule has 4 aliphatic carbocycles. The summed E-state index contributed by atoms with van der Waals surface area (Å²) in [4.78, 5) is 32.5. The standard InChI is InChI=1S/C27H39NO4/c1-15(2)6-8-19-11-23(28-32-19)26-13-20-17(5)7-9-21(20)25(14-29)12-18(26)10-22(16(3)4)27(25,26)24(30)31/h10,14-21H,6-9,11-13H2,1-5H3,(H,30,31)/t17-,18?,19?,20-,21-,25?,26?,27+/m1/s1. The van der Waals surface area contributed by atoms with Crippen LogP contribution in [0.15, 0.2) is 16.8 Å². The highest BCUT2D eigenvalue weighted by Crippen LogP contribution is 2.83. The first kappa shape index (κ1) is 22.2. The fourth-order valence-electron chi connectivity index (χ4n) is 9.09. The maximum atomic E-state index is 13.5. The second kappa shape index (κ2) is 7.17. The van der Waals surface area contributed by atoms with Crippen molar-refractivity contribution in [2.75, 3.05) is 0 Å². The summed E-state index contributed by atoms with van der Waals surface area (Å²) < 4.78 is 0. The normalized spacial score (nSPS) is 46.3. The van der Waals surface area contributed by atoms with Gasteiger partial charge < -0.3 is 14.7 Å². The maximum absolute atomic E-state index is 13.5. The maximum Gasteiger partial charge on any atom is 0.315 e. The van der Waals surface area contributed by atoms with Gasteiger partial charge >= 0.3 is 5.97 Å². The van der Waals surface area contributed by atoms with Gasteiger partial charge in [0, 0.05) is 11.8 Å². The average Bonchev–Trinajstić information content (AvgIpc) is 3.46. The van der Waals surface area contributed by atoms with Gasteiger partial charge in [-0.25, -0.2) is 0 Å². The molecule has 0 aromatic rings. The summed E-state index contributed by atoms with van der Waals surface area (Å²) in [6.07, 6.45) is 9.62. The highest BCUT2D eigenvalue weighted by atomic mass is 16.6. The van der Waals surface area contributed by atoms with Crippen molar-refractivity contribution in [3.8, 4) is 0 Å². The van der Waals surface area contributed by atoms with Gasteiger partial charge in [0.2, 0.25) is 0 Å². The Morgan fingerprint density at radius 1 is 1.28 bits per heavy atom. The van der Waals surface area contributed by atoms with Crippen molar-refractivity contribution in [3.63, 3.8) is 0 Å². The van der Waals surface area contributed by atoms with E-state index in [1.807, 2.05) is 0 Å². The van der Waals surface area contributed by atoms with Crippen LogP contribution in [0.5, 0.6) is 0 Å². The fourth-order valence-corrected chi connectivity index (χ4v) is 9.09. The minimum absolute atomic E-state index is 0.0273. The lowest BCUT2D eigenvalue weighted by molar-refractivity contribution is -0.173. The molecule has 176 valence electrons. The summed E-state index contributed by atoms with van der Waals surface area (Å²) in [6, 6.07) is 0. The minimum Gasteiger partial charge on any atom is -0.481 e. The number of aliphatic carboxylic acids is 1. The SMILES string of the molecule is CC(C)CCC1CC(C23C[C@@H]4[C@H](C)CC[C@H]4C4(C=O)CC2C=C(C(C)C)[C@@]34C(=O)O)=NO1. The molecule has 0 saturated heterocycles. The quantitative estimate of drug-likeness (QED) is 0.418. The lowest BCUT2D eigenvalue weighted by atomic mass is 9.41. The lowest BCUT2D eigenvalue weighted by Crippen LogP contribution is -2.64. The van der Waals surface area contributed by atoms with Gasteiger partial charge in [0.25, 0.3) is 0 Å². The molecule has 1 heterocycles. The number of carboxylic acids is 1. The van der Waals surface area contributed by atoms with E-state index in [0.29, 0.717) is 30.6 Å². The highest BCUT2D eigenvalue weighted by Gasteiger charge is 2.85. The van der Waals surface area contributed by atoms with E-state index in [9.17, 15) is 14.7 Å². The van der Waals surface area contributed by atoms with Gasteiger partial charge in [0.15, 0.2) is 0 Å². The molecule has 4 bridgehead atoms. The molecule has 1 aliphatic heterocycles. The molecule has 32 heavy (non-hydrogen) atoms. The molecule has 5 aliphatic rings. The number of hydrogen-bond donors (Lipinski definition) is 1. The Bertz CT molecular complexity index is 890. The van der Waals surface area contributed by atoms with Crippen LogP contribution in [0.3, 0.4) is 0 Å². The van der Waals surface area contributed by atoms with Crippen LogP contribution in [-0.2, 0) is 14.4 Å². The molecule has 3 fully saturated rings. The zero-order valence-corrected chi connectivity index (χ0v) is 20.3. The molecule has 5 nitrogen and oxygen atoms in total. The van der Waals surface area contributed by atoms with Crippen molar-refractivity contribution in [2.45, 2.75) is 85.7 Å². The number of hydrogen-bond acceptors (Lipinski definition) is 4. The first-order valence-electron chi connectivity index (χ1n) is 12.8. The zero-order valence-electron chi connectivity index (χ0n) is 20.3. The van der Waals surface area contributed by atoms with Crippen molar-refractivity contribution in [2.24, 2.45) is 56.9 Å². The number of fused-ring (bicyclic) bond motifs is 2. The van der Waals surface area contributed by atoms with Crippen LogP contribution >= 0.6 is 0 Å². The number of carbonyl (C=O) groups excluding carboxylic acids is 1. The number of allylic oxidation sites excluding steroid dienone is 1. The van der Waals surface area contributed by atoms with Crippen LogP contribution in [0.1, 0.15) is 79.6 Å². The van der Waals surface area contributed by atoms with Crippen molar-refractivity contribution < 1.29 is 19.5 Å². The first-order valence-corrected chi connectivity index (χ1v) is 12.8. The third-order valence-electron chi connectivity index (χ3n) is 10.2. The van der Waals surface area contributed by atoms with Crippen LogP contribution in [0.4, 0.5) is 0 Å². The van der Waals surface area contributed by atoms with Crippen LogP contribution in [0.25, 0.3) is 0 Å². The summed E-state index contributed by atoms with van der Waals surface area (Å²) in [7, 11) is 0. The number of carbonyl (C=O) groups is 2. The van der Waals surface area contributed by atoms with Gasteiger partial charge in [-0.2, -0.15) is 0 Å². The van der Waals surface area contributed by atoms with Crippen molar-refractivity contribution in [1.29, 1.82) is 0 Å². The number of aldehydes is 1. The molecule has 0 amide bonds. The molecule has 0 aromatic carbocycles. The number of oxime groups is 1. The van der Waals surface area contributed by atoms with E-state index in [1.54, 1.807) is 0 Å². The predicted molar refractivity (Wildman–Crippen MR) is 123 cm³/mol. The lowest BCUT2D eigenvalue weighted by Gasteiger charge is -2.58. The summed E-state index contributed by atoms with van der Waals surface area (Å²) in [5.41, 5.74) is -0.719. The first-order chi connectivity index (χ1) is 15.2. The highest BCUT2D eigenvalue weighted by molar-refractivity contribution is 6.03. The van der Waals surface area contributed by atoms with E-state index in [4.69, 9.17) is 4.84 Å². The molecule has 8 atom stereocenters. The predicted octanol–water partition coefficient (Wildman–Crippen LogP) is 5.49. The Hall–Kier alpha value is -1.65. The second-order valence-electron chi connectivity index (χ2n) is 12.2. The van der Waals surface area contributed by atoms with E-state index in [2.05, 4.69) is 45.9 Å². The molecule has 5 heteroatoms. The van der Waals surface area contributed by atoms with Crippen LogP contribution in [0, 0.1) is 51.8 Å². The van der Waals surface area contributed by atoms with Gasteiger partial charge in [-0.15, -0.1) is 0 Å². The molecule has 1 N–H and O–H groups in total. The molecule has 3 saturated carbocycles. The second-order valence-corrected chi connectivity index (χ2v) is 12.2. The third kappa shape index (κ3) is 2.38. The topological polar surface area (TPSA) is 76.0 Å². The Balaban J connectivity index is 1.66. The van der Waals surface area contributed by atoms with Crippen molar-refractivity contribution in [3.05, 3.63) is 11.6 Å². The van der Waals surface area contributed by atoms with Crippen LogP contribution in [0.2, 0.25) is 0 Å². The Labute approximate surface area is 192 Å². The minimum atomic E-state index is -1.18. The molecule has 5 rings (SSSR count). The fraction of sp³-hybridized carbons (Fsp3) is 0.815. The Morgan fingerprint density at radius 2 is 2.03 bits per heavy atom. The third-order valence-corrected chi connectivity index (χ3v) is 10.2. The Morgan fingerprint density at radius 3 is 2.66 bits per heavy atom. The molecule has 4 unspecified atom stereocenters. The van der Waals surface area contributed by atoms with Crippen LogP contribution < -0.4 is 0 Å². The van der Waals surface area contributed by atoms with E-state index in [-0.39, 0.29) is 23.9 Å². The van der Waals surface area contributed by atoms with E-state index in [0.717, 1.165) is 49.7 Å². The van der Waals surface area contributed by atoms with E-state index < -0.39 is 22.2 Å². The smallest absolute Gasteiger partial charge is 0.315 e. The number of carboxylic acid groups (broad SMARTS) is 1. The van der Waals surface area contributed by atoms with E-state index >= 15 is 0 Å². The van der Waals surface area contributed by atoms with Crippen molar-refractivity contribution in [1.82, 2.24) is 0 Å². The number of nitrogens with zero attached hydrogens (tertiary/aromatic N) is 1. The van der Waals surface area contributed by atoms with Gasteiger partial charge in [0.05, 0.1) is 11.1 Å². The molecular formula is C27H39NO4. The average molecular weight is 442 g/mol. The van der Waals surface area contributed by atoms with Gasteiger partial charge in [-0.1, -0.05) is 57.8 Å². The number of rotatable bonds is 7. The van der Waals surface area contributed by atoms with Gasteiger partial charge in [-0.3, -0.25) is 4.79 Å².